The average Bonchev–Trinajstić information content (AvgIpc) is 2.77. The molecule has 32 heavy (non-hydrogen) atoms. The van der Waals surface area contributed by atoms with Gasteiger partial charge in [-0.3, -0.25) is 4.79 Å². The maximum atomic E-state index is 13.5. The summed E-state index contributed by atoms with van der Waals surface area (Å²) in [4.78, 5) is 11.6. The van der Waals surface area contributed by atoms with E-state index in [9.17, 15) is 21.6 Å². The smallest absolute Gasteiger partial charge is 0.307 e. The summed E-state index contributed by atoms with van der Waals surface area (Å²) in [6.07, 6.45) is 0.106. The van der Waals surface area contributed by atoms with Gasteiger partial charge in [0.25, 0.3) is 0 Å². The number of fused-ring (bicyclic) bond motifs is 1. The van der Waals surface area contributed by atoms with Gasteiger partial charge in [0.15, 0.2) is 11.5 Å². The topological polar surface area (TPSA) is 142 Å². The zero-order valence-corrected chi connectivity index (χ0v) is 19.4. The number of hydrogen-bond acceptors (Lipinski definition) is 8. The fourth-order valence-corrected chi connectivity index (χ4v) is 5.98. The molecule has 1 unspecified atom stereocenters. The third-order valence-corrected chi connectivity index (χ3v) is 8.10. The van der Waals surface area contributed by atoms with Crippen molar-refractivity contribution < 1.29 is 35.8 Å². The van der Waals surface area contributed by atoms with E-state index in [1.807, 2.05) is 0 Å². The first-order valence-corrected chi connectivity index (χ1v) is 12.5. The van der Waals surface area contributed by atoms with Crippen molar-refractivity contribution in [1.82, 2.24) is 4.31 Å². The van der Waals surface area contributed by atoms with Gasteiger partial charge in [0.1, 0.15) is 0 Å². The van der Waals surface area contributed by atoms with Crippen LogP contribution in [-0.2, 0) is 36.0 Å². The Labute approximate surface area is 187 Å². The lowest BCUT2D eigenvalue weighted by Gasteiger charge is -2.36. The first kappa shape index (κ1) is 24.0. The molecule has 12 heteroatoms. The highest BCUT2D eigenvalue weighted by Gasteiger charge is 2.39. The molecular weight excluding hydrogens is 460 g/mol. The Balaban J connectivity index is 2.14. The number of sulfonamides is 2. The van der Waals surface area contributed by atoms with Crippen LogP contribution in [0.5, 0.6) is 11.5 Å². The molecule has 1 aliphatic heterocycles. The maximum absolute atomic E-state index is 13.5. The van der Waals surface area contributed by atoms with Crippen LogP contribution in [0, 0.1) is 0 Å². The molecule has 2 aromatic carbocycles. The van der Waals surface area contributed by atoms with Crippen LogP contribution in [0.3, 0.4) is 0 Å². The van der Waals surface area contributed by atoms with Gasteiger partial charge in [-0.2, -0.15) is 4.31 Å². The van der Waals surface area contributed by atoms with E-state index >= 15 is 0 Å². The highest BCUT2D eigenvalue weighted by Crippen LogP contribution is 2.41. The summed E-state index contributed by atoms with van der Waals surface area (Å²) in [5.41, 5.74) is 1.38. The number of nitrogens with two attached hydrogens (primary N) is 1. The lowest BCUT2D eigenvalue weighted by Crippen LogP contribution is -2.41. The van der Waals surface area contributed by atoms with Crippen molar-refractivity contribution in [2.45, 2.75) is 28.7 Å². The van der Waals surface area contributed by atoms with E-state index in [1.54, 1.807) is 12.1 Å². The number of ether oxygens (including phenoxy) is 3. The van der Waals surface area contributed by atoms with E-state index < -0.39 is 32.1 Å². The van der Waals surface area contributed by atoms with Crippen molar-refractivity contribution in [2.75, 3.05) is 27.9 Å². The number of hydrogen-bond donors (Lipinski definition) is 1. The van der Waals surface area contributed by atoms with E-state index in [-0.39, 0.29) is 22.8 Å². The average molecular weight is 485 g/mol. The minimum atomic E-state index is -4.19. The number of carbonyl (C=O) groups is 1. The predicted molar refractivity (Wildman–Crippen MR) is 114 cm³/mol. The number of esters is 1. The van der Waals surface area contributed by atoms with Gasteiger partial charge in [0.2, 0.25) is 20.0 Å². The maximum Gasteiger partial charge on any atom is 0.307 e. The Bertz CT molecular complexity index is 1240. The van der Waals surface area contributed by atoms with Crippen LogP contribution in [-0.4, -0.2) is 55.0 Å². The van der Waals surface area contributed by atoms with Gasteiger partial charge in [-0.05, 0) is 47.9 Å². The Hall–Kier alpha value is -2.67. The second-order valence-corrected chi connectivity index (χ2v) is 10.5. The lowest BCUT2D eigenvalue weighted by molar-refractivity contribution is -0.141. The van der Waals surface area contributed by atoms with Gasteiger partial charge in [-0.1, -0.05) is 6.07 Å². The highest BCUT2D eigenvalue weighted by atomic mass is 32.2. The minimum absolute atomic E-state index is 0.0616. The van der Waals surface area contributed by atoms with Gasteiger partial charge in [0, 0.05) is 6.54 Å². The molecular formula is C20H24N2O8S2. The first-order chi connectivity index (χ1) is 15.0. The second-order valence-electron chi connectivity index (χ2n) is 7.09. The van der Waals surface area contributed by atoms with Gasteiger partial charge in [-0.25, -0.2) is 22.0 Å². The fourth-order valence-electron chi connectivity index (χ4n) is 3.69. The first-order valence-electron chi connectivity index (χ1n) is 9.49. The third kappa shape index (κ3) is 4.58. The normalized spacial score (nSPS) is 16.8. The van der Waals surface area contributed by atoms with Gasteiger partial charge in [-0.15, -0.1) is 0 Å². The van der Waals surface area contributed by atoms with Crippen LogP contribution in [0.15, 0.2) is 46.2 Å². The molecule has 1 heterocycles. The van der Waals surface area contributed by atoms with E-state index in [2.05, 4.69) is 0 Å². The summed E-state index contributed by atoms with van der Waals surface area (Å²) >= 11 is 0. The molecule has 0 saturated heterocycles. The van der Waals surface area contributed by atoms with Crippen LogP contribution in [0.1, 0.15) is 23.6 Å². The SMILES string of the molecule is COC(=O)CC1c2cc(OC)c(OC)cc2CCN1S(=O)(=O)c1cccc(S(N)(=O)=O)c1. The van der Waals surface area contributed by atoms with Gasteiger partial charge < -0.3 is 14.2 Å². The lowest BCUT2D eigenvalue weighted by atomic mass is 9.91. The molecule has 0 bridgehead atoms. The summed E-state index contributed by atoms with van der Waals surface area (Å²) in [6.45, 7) is 0.0616. The molecule has 0 fully saturated rings. The number of rotatable bonds is 7. The summed E-state index contributed by atoms with van der Waals surface area (Å²) < 4.78 is 67.1. The molecule has 2 N–H and O–H groups in total. The van der Waals surface area contributed by atoms with Crippen LogP contribution in [0.2, 0.25) is 0 Å². The Morgan fingerprint density at radius 2 is 1.66 bits per heavy atom. The minimum Gasteiger partial charge on any atom is -0.493 e. The summed E-state index contributed by atoms with van der Waals surface area (Å²) in [7, 11) is -4.13. The largest absolute Gasteiger partial charge is 0.493 e. The molecule has 0 spiro atoms. The standard InChI is InChI=1S/C20H24N2O8S2/c1-28-18-9-13-7-8-22(17(12-20(23)30-3)16(13)11-19(18)29-2)32(26,27)15-6-4-5-14(10-15)31(21,24)25/h4-6,9-11,17H,7-8,12H2,1-3H3,(H2,21,24,25). The molecule has 10 nitrogen and oxygen atoms in total. The Kier molecular flexibility index (Phi) is 6.79. The number of carbonyl (C=O) groups excluding carboxylic acids is 1. The fraction of sp³-hybridized carbons (Fsp3) is 0.350. The zero-order valence-electron chi connectivity index (χ0n) is 17.8. The van der Waals surface area contributed by atoms with E-state index in [0.29, 0.717) is 23.5 Å². The molecule has 0 aromatic heterocycles. The molecule has 0 saturated carbocycles. The predicted octanol–water partition coefficient (Wildman–Crippen LogP) is 1.20. The van der Waals surface area contributed by atoms with Crippen LogP contribution >= 0.6 is 0 Å². The number of primary sulfonamides is 1. The van der Waals surface area contributed by atoms with Crippen molar-refractivity contribution in [3.8, 4) is 11.5 Å². The molecule has 3 rings (SSSR count). The van der Waals surface area contributed by atoms with Crippen molar-refractivity contribution in [2.24, 2.45) is 5.14 Å². The molecule has 0 radical (unpaired) electrons. The summed E-state index contributed by atoms with van der Waals surface area (Å²) in [6, 6.07) is 7.30. The number of nitrogens with zero attached hydrogens (tertiary/aromatic N) is 1. The molecule has 174 valence electrons. The van der Waals surface area contributed by atoms with Gasteiger partial charge >= 0.3 is 5.97 Å². The monoisotopic (exact) mass is 484 g/mol. The van der Waals surface area contributed by atoms with Crippen molar-refractivity contribution in [3.05, 3.63) is 47.5 Å². The molecule has 2 aromatic rings. The Morgan fingerprint density at radius 3 is 2.25 bits per heavy atom. The highest BCUT2D eigenvalue weighted by molar-refractivity contribution is 7.90. The van der Waals surface area contributed by atoms with Crippen LogP contribution in [0.4, 0.5) is 0 Å². The number of methoxy groups -OCH3 is 3. The van der Waals surface area contributed by atoms with Crippen molar-refractivity contribution in [1.29, 1.82) is 0 Å². The zero-order chi connectivity index (χ0) is 23.7. The summed E-state index contributed by atoms with van der Waals surface area (Å²) in [5.74, 6) is 0.271. The molecule has 0 amide bonds. The van der Waals surface area contributed by atoms with E-state index in [4.69, 9.17) is 19.3 Å². The van der Waals surface area contributed by atoms with Crippen molar-refractivity contribution >= 4 is 26.0 Å². The van der Waals surface area contributed by atoms with E-state index in [1.165, 1.54) is 43.8 Å². The molecule has 1 atom stereocenters. The van der Waals surface area contributed by atoms with Crippen LogP contribution in [0.25, 0.3) is 0 Å². The quantitative estimate of drug-likeness (QED) is 0.578. The number of benzene rings is 2. The van der Waals surface area contributed by atoms with E-state index in [0.717, 1.165) is 11.6 Å². The molecule has 0 aliphatic carbocycles. The van der Waals surface area contributed by atoms with Gasteiger partial charge in [0.05, 0.1) is 43.6 Å². The Morgan fingerprint density at radius 1 is 1.03 bits per heavy atom. The molecule has 1 aliphatic rings. The van der Waals surface area contributed by atoms with Crippen molar-refractivity contribution in [3.63, 3.8) is 0 Å². The summed E-state index contributed by atoms with van der Waals surface area (Å²) in [5, 5.41) is 5.16. The second kappa shape index (κ2) is 9.06. The third-order valence-electron chi connectivity index (χ3n) is 5.28. The van der Waals surface area contributed by atoms with Crippen LogP contribution < -0.4 is 14.6 Å².